The van der Waals surface area contributed by atoms with Crippen LogP contribution in [0.25, 0.3) is 0 Å². The maximum atomic E-state index is 13.2. The van der Waals surface area contributed by atoms with Crippen LogP contribution >= 0.6 is 11.3 Å². The van der Waals surface area contributed by atoms with E-state index in [4.69, 9.17) is 0 Å². The van der Waals surface area contributed by atoms with Crippen molar-refractivity contribution in [1.29, 1.82) is 0 Å². The number of nitrogens with zero attached hydrogens (tertiary/aromatic N) is 3. The van der Waals surface area contributed by atoms with E-state index in [0.717, 1.165) is 47.5 Å². The van der Waals surface area contributed by atoms with E-state index in [9.17, 15) is 9.59 Å². The standard InChI is InChI=1S/C26H34N4O2S/c1-4-6-9-14-27-25(31)23-19-33-24(28-23)18-29-16-10-12-21(29)17-30(15-5-2)26(32)22-13-8-7-11-20(22)3/h7-8,10-13,16,19H,4-6,9,14-15,17-18H2,1-3H3,(H,27,31). The third-order valence-electron chi connectivity index (χ3n) is 5.59. The van der Waals surface area contributed by atoms with Gasteiger partial charge in [-0.25, -0.2) is 4.98 Å². The van der Waals surface area contributed by atoms with Crippen LogP contribution in [0.1, 0.15) is 76.6 Å². The molecule has 0 aliphatic carbocycles. The second kappa shape index (κ2) is 12.3. The number of aromatic nitrogens is 2. The predicted molar refractivity (Wildman–Crippen MR) is 134 cm³/mol. The molecule has 33 heavy (non-hydrogen) atoms. The van der Waals surface area contributed by atoms with Crippen LogP contribution in [-0.2, 0) is 13.1 Å². The number of thiazole rings is 1. The SMILES string of the molecule is CCCCCNC(=O)c1csc(Cn2cccc2CN(CCC)C(=O)c2ccccc2C)n1. The first-order chi connectivity index (χ1) is 16.0. The molecule has 2 amide bonds. The minimum atomic E-state index is -0.112. The number of unbranched alkanes of at least 4 members (excludes halogenated alkanes) is 2. The molecular weight excluding hydrogens is 432 g/mol. The van der Waals surface area contributed by atoms with Crippen molar-refractivity contribution in [3.8, 4) is 0 Å². The van der Waals surface area contributed by atoms with Gasteiger partial charge in [-0.2, -0.15) is 0 Å². The smallest absolute Gasteiger partial charge is 0.270 e. The number of carbonyl (C=O) groups excluding carboxylic acids is 2. The van der Waals surface area contributed by atoms with Gasteiger partial charge in [0.05, 0.1) is 13.1 Å². The van der Waals surface area contributed by atoms with E-state index >= 15 is 0 Å². The molecule has 176 valence electrons. The van der Waals surface area contributed by atoms with Crippen molar-refractivity contribution < 1.29 is 9.59 Å². The molecule has 0 bridgehead atoms. The Balaban J connectivity index is 1.67. The lowest BCUT2D eigenvalue weighted by molar-refractivity contribution is 0.0738. The fourth-order valence-electron chi connectivity index (χ4n) is 3.75. The molecule has 0 radical (unpaired) electrons. The van der Waals surface area contributed by atoms with Gasteiger partial charge in [0, 0.05) is 35.9 Å². The first-order valence-corrected chi connectivity index (χ1v) is 12.6. The maximum absolute atomic E-state index is 13.2. The molecule has 0 unspecified atom stereocenters. The van der Waals surface area contributed by atoms with Gasteiger partial charge in [0.15, 0.2) is 0 Å². The summed E-state index contributed by atoms with van der Waals surface area (Å²) >= 11 is 1.49. The van der Waals surface area contributed by atoms with Crippen LogP contribution in [0.5, 0.6) is 0 Å². The molecule has 6 nitrogen and oxygen atoms in total. The first kappa shape index (κ1) is 24.7. The normalized spacial score (nSPS) is 10.9. The van der Waals surface area contributed by atoms with Gasteiger partial charge < -0.3 is 14.8 Å². The predicted octanol–water partition coefficient (Wildman–Crippen LogP) is 5.27. The van der Waals surface area contributed by atoms with Crippen LogP contribution < -0.4 is 5.32 Å². The van der Waals surface area contributed by atoms with Gasteiger partial charge in [0.2, 0.25) is 0 Å². The van der Waals surface area contributed by atoms with E-state index in [2.05, 4.69) is 28.7 Å². The second-order valence-corrected chi connectivity index (χ2v) is 9.20. The van der Waals surface area contributed by atoms with Gasteiger partial charge in [0.1, 0.15) is 10.7 Å². The highest BCUT2D eigenvalue weighted by molar-refractivity contribution is 7.09. The average molecular weight is 467 g/mol. The summed E-state index contributed by atoms with van der Waals surface area (Å²) in [7, 11) is 0. The van der Waals surface area contributed by atoms with Crippen molar-refractivity contribution >= 4 is 23.2 Å². The van der Waals surface area contributed by atoms with E-state index in [1.165, 1.54) is 11.3 Å². The van der Waals surface area contributed by atoms with Gasteiger partial charge in [0.25, 0.3) is 11.8 Å². The molecule has 2 heterocycles. The van der Waals surface area contributed by atoms with E-state index in [1.54, 1.807) is 0 Å². The Morgan fingerprint density at radius 1 is 1.09 bits per heavy atom. The minimum Gasteiger partial charge on any atom is -0.351 e. The monoisotopic (exact) mass is 466 g/mol. The summed E-state index contributed by atoms with van der Waals surface area (Å²) in [5.41, 5.74) is 3.26. The maximum Gasteiger partial charge on any atom is 0.270 e. The minimum absolute atomic E-state index is 0.0546. The Morgan fingerprint density at radius 2 is 1.91 bits per heavy atom. The van der Waals surface area contributed by atoms with Crippen molar-refractivity contribution in [3.63, 3.8) is 0 Å². The van der Waals surface area contributed by atoms with Crippen LogP contribution in [-0.4, -0.2) is 39.4 Å². The van der Waals surface area contributed by atoms with E-state index in [0.29, 0.717) is 31.9 Å². The Morgan fingerprint density at radius 3 is 2.67 bits per heavy atom. The zero-order valence-corrected chi connectivity index (χ0v) is 20.7. The van der Waals surface area contributed by atoms with Crippen LogP contribution in [0, 0.1) is 6.92 Å². The van der Waals surface area contributed by atoms with Gasteiger partial charge in [-0.1, -0.05) is 44.9 Å². The lowest BCUT2D eigenvalue weighted by Gasteiger charge is -2.24. The molecule has 7 heteroatoms. The molecule has 2 aromatic heterocycles. The summed E-state index contributed by atoms with van der Waals surface area (Å²) < 4.78 is 2.11. The second-order valence-electron chi connectivity index (χ2n) is 8.26. The Hall–Kier alpha value is -2.93. The number of benzene rings is 1. The summed E-state index contributed by atoms with van der Waals surface area (Å²) in [4.78, 5) is 32.0. The molecule has 3 aromatic rings. The van der Waals surface area contributed by atoms with Gasteiger partial charge in [-0.05, 0) is 43.5 Å². The number of aryl methyl sites for hydroxylation is 1. The van der Waals surface area contributed by atoms with E-state index in [-0.39, 0.29) is 11.8 Å². The van der Waals surface area contributed by atoms with Crippen LogP contribution in [0.15, 0.2) is 48.0 Å². The van der Waals surface area contributed by atoms with Crippen molar-refractivity contribution in [1.82, 2.24) is 19.8 Å². The molecular formula is C26H34N4O2S. The topological polar surface area (TPSA) is 67.2 Å². The molecule has 0 saturated carbocycles. The molecule has 0 fully saturated rings. The number of carbonyl (C=O) groups is 2. The van der Waals surface area contributed by atoms with Crippen molar-refractivity contribution in [2.24, 2.45) is 0 Å². The lowest BCUT2D eigenvalue weighted by atomic mass is 10.1. The molecule has 0 saturated heterocycles. The molecule has 1 N–H and O–H groups in total. The van der Waals surface area contributed by atoms with Gasteiger partial charge >= 0.3 is 0 Å². The summed E-state index contributed by atoms with van der Waals surface area (Å²) in [5.74, 6) is -0.0572. The molecule has 3 rings (SSSR count). The molecule has 0 aliphatic rings. The van der Waals surface area contributed by atoms with Crippen LogP contribution in [0.2, 0.25) is 0 Å². The highest BCUT2D eigenvalue weighted by atomic mass is 32.1. The third kappa shape index (κ3) is 6.78. The molecule has 0 spiro atoms. The average Bonchev–Trinajstić information content (AvgIpc) is 3.46. The fraction of sp³-hybridized carbons (Fsp3) is 0.423. The molecule has 0 atom stereocenters. The number of rotatable bonds is 12. The number of hydrogen-bond donors (Lipinski definition) is 1. The van der Waals surface area contributed by atoms with Gasteiger partial charge in [-0.3, -0.25) is 9.59 Å². The number of amides is 2. The zero-order chi connectivity index (χ0) is 23.6. The summed E-state index contributed by atoms with van der Waals surface area (Å²) in [6.07, 6.45) is 6.12. The highest BCUT2D eigenvalue weighted by Gasteiger charge is 2.19. The Kier molecular flexibility index (Phi) is 9.24. The first-order valence-electron chi connectivity index (χ1n) is 11.7. The largest absolute Gasteiger partial charge is 0.351 e. The highest BCUT2D eigenvalue weighted by Crippen LogP contribution is 2.17. The molecule has 1 aromatic carbocycles. The van der Waals surface area contributed by atoms with Gasteiger partial charge in [-0.15, -0.1) is 11.3 Å². The van der Waals surface area contributed by atoms with Crippen molar-refractivity contribution in [2.75, 3.05) is 13.1 Å². The summed E-state index contributed by atoms with van der Waals surface area (Å²) in [6, 6.07) is 11.8. The number of hydrogen-bond acceptors (Lipinski definition) is 4. The quantitative estimate of drug-likeness (QED) is 0.370. The van der Waals surface area contributed by atoms with E-state index < -0.39 is 0 Å². The fourth-order valence-corrected chi connectivity index (χ4v) is 4.52. The summed E-state index contributed by atoms with van der Waals surface area (Å²) in [6.45, 7) is 8.69. The Bertz CT molecular complexity index is 1060. The third-order valence-corrected chi connectivity index (χ3v) is 6.42. The van der Waals surface area contributed by atoms with Crippen LogP contribution in [0.3, 0.4) is 0 Å². The number of nitrogens with one attached hydrogen (secondary N) is 1. The summed E-state index contributed by atoms with van der Waals surface area (Å²) in [5, 5.41) is 5.64. The molecule has 0 aliphatic heterocycles. The zero-order valence-electron chi connectivity index (χ0n) is 19.8. The van der Waals surface area contributed by atoms with Crippen molar-refractivity contribution in [3.05, 3.63) is 75.5 Å². The van der Waals surface area contributed by atoms with Crippen LogP contribution in [0.4, 0.5) is 0 Å². The van der Waals surface area contributed by atoms with E-state index in [1.807, 2.05) is 59.8 Å². The lowest BCUT2D eigenvalue weighted by Crippen LogP contribution is -2.32. The van der Waals surface area contributed by atoms with Crippen molar-refractivity contribution in [2.45, 2.75) is 59.5 Å². The Labute approximate surface area is 200 Å².